The molecule has 0 amide bonds. The van der Waals surface area contributed by atoms with Crippen LogP contribution < -0.4 is 4.74 Å². The number of halogens is 2. The molecular formula is C16H18BrClN2O2. The molecule has 2 aromatic rings. The summed E-state index contributed by atoms with van der Waals surface area (Å²) in [5, 5.41) is 11.7. The summed E-state index contributed by atoms with van der Waals surface area (Å²) in [4.78, 5) is 7.98. The summed E-state index contributed by atoms with van der Waals surface area (Å²) in [6.07, 6.45) is 4.63. The van der Waals surface area contributed by atoms with Crippen molar-refractivity contribution >= 4 is 27.5 Å². The molecule has 0 saturated heterocycles. The van der Waals surface area contributed by atoms with Crippen LogP contribution in [0.4, 0.5) is 0 Å². The van der Waals surface area contributed by atoms with Gasteiger partial charge in [0.15, 0.2) is 0 Å². The number of aliphatic hydroxyl groups is 1. The van der Waals surface area contributed by atoms with E-state index in [2.05, 4.69) is 25.9 Å². The van der Waals surface area contributed by atoms with E-state index in [0.717, 1.165) is 4.47 Å². The van der Waals surface area contributed by atoms with Gasteiger partial charge in [0.2, 0.25) is 0 Å². The maximum absolute atomic E-state index is 11.2. The highest BCUT2D eigenvalue weighted by molar-refractivity contribution is 9.10. The Morgan fingerprint density at radius 1 is 1.23 bits per heavy atom. The fraction of sp³-hybridized carbons (Fsp3) is 0.375. The smallest absolute Gasteiger partial charge is 0.138 e. The van der Waals surface area contributed by atoms with Crippen molar-refractivity contribution in [2.75, 3.05) is 6.61 Å². The molecule has 22 heavy (non-hydrogen) atoms. The fourth-order valence-corrected chi connectivity index (χ4v) is 2.75. The summed E-state index contributed by atoms with van der Waals surface area (Å²) in [7, 11) is 0. The third kappa shape index (κ3) is 3.59. The van der Waals surface area contributed by atoms with Gasteiger partial charge >= 0.3 is 0 Å². The van der Waals surface area contributed by atoms with Gasteiger partial charge in [-0.3, -0.25) is 0 Å². The topological polar surface area (TPSA) is 55.2 Å². The minimum atomic E-state index is -1.25. The molecule has 118 valence electrons. The van der Waals surface area contributed by atoms with E-state index in [4.69, 9.17) is 16.3 Å². The molecule has 4 nitrogen and oxygen atoms in total. The van der Waals surface area contributed by atoms with Crippen LogP contribution in [0.15, 0.2) is 41.4 Å². The molecule has 0 bridgehead atoms. The quantitative estimate of drug-likeness (QED) is 0.857. The van der Waals surface area contributed by atoms with E-state index in [1.165, 1.54) is 6.33 Å². The second-order valence-corrected chi connectivity index (χ2v) is 7.42. The van der Waals surface area contributed by atoms with Crippen molar-refractivity contribution < 1.29 is 9.84 Å². The van der Waals surface area contributed by atoms with Crippen LogP contribution >= 0.6 is 27.5 Å². The van der Waals surface area contributed by atoms with Gasteiger partial charge in [-0.15, -0.1) is 0 Å². The molecule has 0 aliphatic rings. The van der Waals surface area contributed by atoms with Crippen molar-refractivity contribution in [2.45, 2.75) is 26.4 Å². The Labute approximate surface area is 143 Å². The first kappa shape index (κ1) is 17.2. The van der Waals surface area contributed by atoms with Crippen LogP contribution in [0.5, 0.6) is 5.75 Å². The molecule has 0 radical (unpaired) electrons. The van der Waals surface area contributed by atoms with Crippen molar-refractivity contribution in [1.82, 2.24) is 9.97 Å². The molecule has 0 spiro atoms. The maximum Gasteiger partial charge on any atom is 0.138 e. The van der Waals surface area contributed by atoms with Gasteiger partial charge in [0, 0.05) is 22.4 Å². The van der Waals surface area contributed by atoms with Crippen molar-refractivity contribution in [1.29, 1.82) is 0 Å². The van der Waals surface area contributed by atoms with E-state index >= 15 is 0 Å². The second-order valence-electron chi connectivity index (χ2n) is 6.10. The number of ether oxygens (including phenoxy) is 1. The first-order valence-corrected chi connectivity index (χ1v) is 7.97. The first-order valence-electron chi connectivity index (χ1n) is 6.80. The number of hydrogen-bond donors (Lipinski definition) is 1. The summed E-state index contributed by atoms with van der Waals surface area (Å²) in [6.45, 7) is 5.86. The maximum atomic E-state index is 11.2. The van der Waals surface area contributed by atoms with E-state index in [1.807, 2.05) is 26.8 Å². The average molecular weight is 386 g/mol. The van der Waals surface area contributed by atoms with E-state index in [-0.39, 0.29) is 6.61 Å². The van der Waals surface area contributed by atoms with Gasteiger partial charge in [-0.2, -0.15) is 0 Å². The van der Waals surface area contributed by atoms with Gasteiger partial charge in [0.25, 0.3) is 0 Å². The van der Waals surface area contributed by atoms with Gasteiger partial charge in [-0.05, 0) is 23.6 Å². The Hall–Kier alpha value is -1.17. The molecule has 0 saturated carbocycles. The van der Waals surface area contributed by atoms with Crippen LogP contribution in [0.3, 0.4) is 0 Å². The zero-order valence-corrected chi connectivity index (χ0v) is 15.0. The second kappa shape index (κ2) is 6.52. The van der Waals surface area contributed by atoms with E-state index in [0.29, 0.717) is 16.3 Å². The Balaban J connectivity index is 2.29. The standard InChI is InChI=1S/C16H18BrClN2O2/c1-15(2,3)16(21,11-7-19-10-20-8-11)9-22-14-5-4-12(17)6-13(14)18/h4-8,10,21H,9H2,1-3H3. The molecule has 0 fully saturated rings. The van der Waals surface area contributed by atoms with E-state index in [9.17, 15) is 5.11 Å². The molecule has 0 aliphatic carbocycles. The highest BCUT2D eigenvalue weighted by Gasteiger charge is 2.43. The predicted molar refractivity (Wildman–Crippen MR) is 90.0 cm³/mol. The van der Waals surface area contributed by atoms with E-state index < -0.39 is 11.0 Å². The third-order valence-electron chi connectivity index (χ3n) is 3.61. The third-order valence-corrected chi connectivity index (χ3v) is 4.40. The largest absolute Gasteiger partial charge is 0.489 e. The van der Waals surface area contributed by atoms with Gasteiger partial charge < -0.3 is 9.84 Å². The molecular weight excluding hydrogens is 368 g/mol. The van der Waals surface area contributed by atoms with Crippen LogP contribution in [0, 0.1) is 5.41 Å². The first-order chi connectivity index (χ1) is 10.2. The van der Waals surface area contributed by atoms with Crippen molar-refractivity contribution in [2.24, 2.45) is 5.41 Å². The highest BCUT2D eigenvalue weighted by atomic mass is 79.9. The average Bonchev–Trinajstić information content (AvgIpc) is 2.45. The van der Waals surface area contributed by atoms with Crippen molar-refractivity contribution in [3.05, 3.63) is 52.0 Å². The Morgan fingerprint density at radius 2 is 1.86 bits per heavy atom. The minimum absolute atomic E-state index is 0.0469. The molecule has 1 N–H and O–H groups in total. The molecule has 1 aromatic carbocycles. The van der Waals surface area contributed by atoms with Crippen molar-refractivity contribution in [3.8, 4) is 5.75 Å². The zero-order chi connectivity index (χ0) is 16.4. The fourth-order valence-electron chi connectivity index (χ4n) is 2.02. The normalized spacial score (nSPS) is 14.5. The van der Waals surface area contributed by atoms with Crippen LogP contribution in [0.25, 0.3) is 0 Å². The van der Waals surface area contributed by atoms with Gasteiger partial charge in [-0.25, -0.2) is 9.97 Å². The van der Waals surface area contributed by atoms with Crippen LogP contribution in [-0.2, 0) is 5.60 Å². The predicted octanol–water partition coefficient (Wildman–Crippen LogP) is 4.21. The Bertz CT molecular complexity index is 646. The molecule has 6 heteroatoms. The van der Waals surface area contributed by atoms with E-state index in [1.54, 1.807) is 24.5 Å². The lowest BCUT2D eigenvalue weighted by Gasteiger charge is -2.39. The summed E-state index contributed by atoms with van der Waals surface area (Å²) in [5.41, 5.74) is -1.11. The Kier molecular flexibility index (Phi) is 5.10. The minimum Gasteiger partial charge on any atom is -0.489 e. The lowest BCUT2D eigenvalue weighted by atomic mass is 9.73. The SMILES string of the molecule is CC(C)(C)C(O)(COc1ccc(Br)cc1Cl)c1cncnc1. The summed E-state index contributed by atoms with van der Waals surface area (Å²) < 4.78 is 6.65. The van der Waals surface area contributed by atoms with Crippen LogP contribution in [0.1, 0.15) is 26.3 Å². The monoisotopic (exact) mass is 384 g/mol. The number of benzene rings is 1. The van der Waals surface area contributed by atoms with Gasteiger partial charge in [0.1, 0.15) is 24.3 Å². The van der Waals surface area contributed by atoms with Gasteiger partial charge in [-0.1, -0.05) is 48.3 Å². The summed E-state index contributed by atoms with van der Waals surface area (Å²) in [6, 6.07) is 5.35. The molecule has 2 rings (SSSR count). The summed E-state index contributed by atoms with van der Waals surface area (Å²) in [5.74, 6) is 0.518. The molecule has 1 unspecified atom stereocenters. The highest BCUT2D eigenvalue weighted by Crippen LogP contribution is 2.40. The van der Waals surface area contributed by atoms with Crippen LogP contribution in [0.2, 0.25) is 5.02 Å². The van der Waals surface area contributed by atoms with Gasteiger partial charge in [0.05, 0.1) is 5.02 Å². The Morgan fingerprint density at radius 3 is 2.41 bits per heavy atom. The number of hydrogen-bond acceptors (Lipinski definition) is 4. The lowest BCUT2D eigenvalue weighted by molar-refractivity contribution is -0.0949. The number of aromatic nitrogens is 2. The van der Waals surface area contributed by atoms with Crippen LogP contribution in [-0.4, -0.2) is 21.7 Å². The molecule has 1 heterocycles. The number of rotatable bonds is 4. The molecule has 1 aromatic heterocycles. The zero-order valence-electron chi connectivity index (χ0n) is 12.7. The molecule has 0 aliphatic heterocycles. The lowest BCUT2D eigenvalue weighted by Crippen LogP contribution is -2.45. The van der Waals surface area contributed by atoms with Crippen molar-refractivity contribution in [3.63, 3.8) is 0 Å². The molecule has 1 atom stereocenters. The number of nitrogens with zero attached hydrogens (tertiary/aromatic N) is 2. The summed E-state index contributed by atoms with van der Waals surface area (Å²) >= 11 is 9.51.